The molecule has 1 amide bonds. The lowest BCUT2D eigenvalue weighted by Gasteiger charge is -2.39. The second-order valence-corrected chi connectivity index (χ2v) is 9.33. The quantitative estimate of drug-likeness (QED) is 0.659. The number of likely N-dealkylation sites (tertiary alicyclic amines) is 1. The lowest BCUT2D eigenvalue weighted by atomic mass is 9.88. The number of nitrogens with one attached hydrogen (secondary N) is 1. The maximum atomic E-state index is 12.5. The molecule has 4 rings (SSSR count). The van der Waals surface area contributed by atoms with Crippen LogP contribution in [0.4, 0.5) is 0 Å². The van der Waals surface area contributed by atoms with Gasteiger partial charge in [0.1, 0.15) is 0 Å². The van der Waals surface area contributed by atoms with Gasteiger partial charge in [-0.05, 0) is 61.4 Å². The highest BCUT2D eigenvalue weighted by atomic mass is 16.5. The smallest absolute Gasteiger partial charge is 0.224 e. The third-order valence-corrected chi connectivity index (χ3v) is 7.10. The Morgan fingerprint density at radius 2 is 1.85 bits per heavy atom. The molecule has 1 atom stereocenters. The van der Waals surface area contributed by atoms with Gasteiger partial charge in [-0.15, -0.1) is 0 Å². The lowest BCUT2D eigenvalue weighted by molar-refractivity contribution is -0.122. The predicted octanol–water partition coefficient (Wildman–Crippen LogP) is 3.88. The zero-order valence-corrected chi connectivity index (χ0v) is 20.1. The number of benzene rings is 2. The molecule has 2 aliphatic rings. The average molecular weight is 453 g/mol. The Morgan fingerprint density at radius 1 is 1.09 bits per heavy atom. The van der Waals surface area contributed by atoms with E-state index in [-0.39, 0.29) is 17.6 Å². The van der Waals surface area contributed by atoms with Crippen LogP contribution < -0.4 is 14.8 Å². The highest BCUT2D eigenvalue weighted by Crippen LogP contribution is 2.39. The first-order valence-electron chi connectivity index (χ1n) is 11.9. The minimum Gasteiger partial charge on any atom is -0.493 e. The van der Waals surface area contributed by atoms with Crippen LogP contribution in [0, 0.1) is 6.92 Å². The van der Waals surface area contributed by atoms with E-state index in [1.807, 2.05) is 18.2 Å². The molecule has 0 bridgehead atoms. The van der Waals surface area contributed by atoms with Gasteiger partial charge < -0.3 is 19.5 Å². The van der Waals surface area contributed by atoms with Gasteiger partial charge >= 0.3 is 0 Å². The Morgan fingerprint density at radius 3 is 2.58 bits per heavy atom. The first-order valence-corrected chi connectivity index (χ1v) is 11.9. The molecule has 2 heterocycles. The number of methoxy groups -OCH3 is 2. The molecule has 6 heteroatoms. The van der Waals surface area contributed by atoms with E-state index in [4.69, 9.17) is 14.2 Å². The predicted molar refractivity (Wildman–Crippen MR) is 129 cm³/mol. The normalized spacial score (nSPS) is 20.0. The van der Waals surface area contributed by atoms with Crippen molar-refractivity contribution < 1.29 is 19.0 Å². The number of aryl methyl sites for hydroxylation is 1. The molecule has 0 aromatic heterocycles. The molecule has 6 nitrogen and oxygen atoms in total. The Balaban J connectivity index is 1.21. The zero-order chi connectivity index (χ0) is 23.3. The third kappa shape index (κ3) is 5.87. The molecule has 2 fully saturated rings. The van der Waals surface area contributed by atoms with E-state index in [9.17, 15) is 4.79 Å². The van der Waals surface area contributed by atoms with Crippen molar-refractivity contribution in [3.05, 3.63) is 59.2 Å². The number of hydrogen-bond acceptors (Lipinski definition) is 5. The number of rotatable bonds is 8. The number of piperidine rings is 1. The van der Waals surface area contributed by atoms with E-state index in [1.54, 1.807) is 14.2 Å². The van der Waals surface area contributed by atoms with Crippen LogP contribution in [-0.4, -0.2) is 56.4 Å². The molecule has 0 radical (unpaired) electrons. The summed E-state index contributed by atoms with van der Waals surface area (Å²) >= 11 is 0. The van der Waals surface area contributed by atoms with Gasteiger partial charge in [0.25, 0.3) is 0 Å². The molecule has 178 valence electrons. The molecule has 1 N–H and O–H groups in total. The summed E-state index contributed by atoms with van der Waals surface area (Å²) in [6.45, 7) is 5.89. The molecule has 2 aromatic carbocycles. The van der Waals surface area contributed by atoms with Crippen LogP contribution in [0.15, 0.2) is 42.5 Å². The van der Waals surface area contributed by atoms with Gasteiger partial charge in [-0.25, -0.2) is 0 Å². The number of carbonyl (C=O) groups is 1. The number of amides is 1. The van der Waals surface area contributed by atoms with Crippen LogP contribution in [0.3, 0.4) is 0 Å². The number of ether oxygens (including phenoxy) is 3. The van der Waals surface area contributed by atoms with Crippen LogP contribution >= 0.6 is 0 Å². The van der Waals surface area contributed by atoms with Crippen LogP contribution in [0.1, 0.15) is 42.4 Å². The van der Waals surface area contributed by atoms with Crippen LogP contribution in [-0.2, 0) is 22.5 Å². The van der Waals surface area contributed by atoms with E-state index >= 15 is 0 Å². The number of nitrogens with zero attached hydrogens (tertiary/aromatic N) is 1. The first-order chi connectivity index (χ1) is 16.0. The Hall–Kier alpha value is -2.57. The number of carbonyl (C=O) groups excluding carboxylic acids is 1. The van der Waals surface area contributed by atoms with E-state index in [0.717, 1.165) is 50.9 Å². The molecule has 1 unspecified atom stereocenters. The Labute approximate surface area is 197 Å². The van der Waals surface area contributed by atoms with E-state index in [1.165, 1.54) is 11.1 Å². The molecule has 2 aliphatic heterocycles. The van der Waals surface area contributed by atoms with Gasteiger partial charge in [0.15, 0.2) is 11.5 Å². The molecule has 2 aromatic rings. The fourth-order valence-electron chi connectivity index (χ4n) is 5.02. The van der Waals surface area contributed by atoms with Gasteiger partial charge in [0.2, 0.25) is 5.91 Å². The summed E-state index contributed by atoms with van der Waals surface area (Å²) in [5, 5.41) is 3.06. The maximum Gasteiger partial charge on any atom is 0.224 e. The third-order valence-electron chi connectivity index (χ3n) is 7.10. The number of hydrogen-bond donors (Lipinski definition) is 1. The maximum absolute atomic E-state index is 12.5. The van der Waals surface area contributed by atoms with Crippen molar-refractivity contribution in [1.29, 1.82) is 0 Å². The second kappa shape index (κ2) is 10.6. The van der Waals surface area contributed by atoms with Gasteiger partial charge in [-0.3, -0.25) is 9.69 Å². The zero-order valence-electron chi connectivity index (χ0n) is 20.1. The van der Waals surface area contributed by atoms with Crippen LogP contribution in [0.2, 0.25) is 0 Å². The van der Waals surface area contributed by atoms with Crippen molar-refractivity contribution in [2.75, 3.05) is 33.9 Å². The van der Waals surface area contributed by atoms with Crippen LogP contribution in [0.25, 0.3) is 0 Å². The molecular weight excluding hydrogens is 416 g/mol. The molecule has 1 spiro atoms. The largest absolute Gasteiger partial charge is 0.493 e. The van der Waals surface area contributed by atoms with Crippen LogP contribution in [0.5, 0.6) is 11.5 Å². The summed E-state index contributed by atoms with van der Waals surface area (Å²) in [6.07, 6.45) is 4.63. The molecule has 0 saturated carbocycles. The summed E-state index contributed by atoms with van der Waals surface area (Å²) < 4.78 is 17.1. The SMILES string of the molecule is COc1ccc(CC(=O)NCC2CCC3(CCN(Cc4ccccc4C)CC3)O2)cc1OC. The highest BCUT2D eigenvalue weighted by molar-refractivity contribution is 5.78. The summed E-state index contributed by atoms with van der Waals surface area (Å²) in [4.78, 5) is 15.0. The average Bonchev–Trinajstić information content (AvgIpc) is 3.23. The van der Waals surface area contributed by atoms with Crippen molar-refractivity contribution in [3.63, 3.8) is 0 Å². The first kappa shape index (κ1) is 23.6. The monoisotopic (exact) mass is 452 g/mol. The lowest BCUT2D eigenvalue weighted by Crippen LogP contribution is -2.45. The van der Waals surface area contributed by atoms with E-state index < -0.39 is 0 Å². The van der Waals surface area contributed by atoms with Crippen molar-refractivity contribution in [1.82, 2.24) is 10.2 Å². The van der Waals surface area contributed by atoms with E-state index in [0.29, 0.717) is 24.5 Å². The minimum absolute atomic E-state index is 0.000167. The van der Waals surface area contributed by atoms with Crippen molar-refractivity contribution in [2.45, 2.75) is 57.3 Å². The minimum atomic E-state index is -0.0129. The van der Waals surface area contributed by atoms with Crippen molar-refractivity contribution >= 4 is 5.91 Å². The summed E-state index contributed by atoms with van der Waals surface area (Å²) in [5.74, 6) is 1.30. The summed E-state index contributed by atoms with van der Waals surface area (Å²) in [5.41, 5.74) is 3.66. The summed E-state index contributed by atoms with van der Waals surface area (Å²) in [6, 6.07) is 14.2. The van der Waals surface area contributed by atoms with Crippen molar-refractivity contribution in [3.8, 4) is 11.5 Å². The topological polar surface area (TPSA) is 60.0 Å². The molecule has 0 aliphatic carbocycles. The highest BCUT2D eigenvalue weighted by Gasteiger charge is 2.42. The molecule has 33 heavy (non-hydrogen) atoms. The van der Waals surface area contributed by atoms with Gasteiger partial charge in [0, 0.05) is 26.2 Å². The summed E-state index contributed by atoms with van der Waals surface area (Å²) in [7, 11) is 3.20. The molecule has 2 saturated heterocycles. The van der Waals surface area contributed by atoms with E-state index in [2.05, 4.69) is 41.4 Å². The van der Waals surface area contributed by atoms with Gasteiger partial charge in [-0.1, -0.05) is 30.3 Å². The van der Waals surface area contributed by atoms with Gasteiger partial charge in [-0.2, -0.15) is 0 Å². The Bertz CT molecular complexity index is 953. The second-order valence-electron chi connectivity index (χ2n) is 9.33. The fraction of sp³-hybridized carbons (Fsp3) is 0.519. The standard InChI is InChI=1S/C27H36N2O4/c1-20-6-4-5-7-22(20)19-29-14-12-27(13-15-29)11-10-23(33-27)18-28-26(30)17-21-8-9-24(31-2)25(16-21)32-3/h4-9,16,23H,10-15,17-19H2,1-3H3,(H,28,30). The van der Waals surface area contributed by atoms with Gasteiger partial charge in [0.05, 0.1) is 32.3 Å². The fourth-order valence-corrected chi connectivity index (χ4v) is 5.02. The molecular formula is C27H36N2O4. The van der Waals surface area contributed by atoms with Crippen molar-refractivity contribution in [2.24, 2.45) is 0 Å². The Kier molecular flexibility index (Phi) is 7.56.